The van der Waals surface area contributed by atoms with Crippen LogP contribution in [0, 0.1) is 5.92 Å². The minimum absolute atomic E-state index is 0.657. The van der Waals surface area contributed by atoms with E-state index in [0.29, 0.717) is 12.3 Å². The summed E-state index contributed by atoms with van der Waals surface area (Å²) in [5.41, 5.74) is -0.784. The highest BCUT2D eigenvalue weighted by molar-refractivity contribution is 5.78. The molecule has 4 heteroatoms. The molecule has 19 heavy (non-hydrogen) atoms. The van der Waals surface area contributed by atoms with Gasteiger partial charge in [-0.1, -0.05) is 27.7 Å². The zero-order valence-electron chi connectivity index (χ0n) is 13.3. The second kappa shape index (κ2) is 9.32. The van der Waals surface area contributed by atoms with Crippen LogP contribution >= 0.6 is 0 Å². The number of nitrogens with zero attached hydrogens (tertiary/aromatic N) is 1. The molecule has 0 radical (unpaired) electrons. The molecule has 2 N–H and O–H groups in total. The van der Waals surface area contributed by atoms with Crippen molar-refractivity contribution in [2.24, 2.45) is 5.92 Å². The van der Waals surface area contributed by atoms with E-state index >= 15 is 0 Å². The first-order valence-electron chi connectivity index (χ1n) is 7.56. The molecule has 0 heterocycles. The summed E-state index contributed by atoms with van der Waals surface area (Å²) in [5, 5.41) is 12.5. The van der Waals surface area contributed by atoms with Crippen LogP contribution in [0.5, 0.6) is 0 Å². The topological polar surface area (TPSA) is 52.6 Å². The van der Waals surface area contributed by atoms with Crippen LogP contribution in [0.1, 0.15) is 53.9 Å². The SMILES string of the molecule is CCCNC(C)(CCCN(CC)CC(C)C)C(=O)O. The zero-order chi connectivity index (χ0) is 14.9. The Hall–Kier alpha value is -0.610. The second-order valence-electron chi connectivity index (χ2n) is 5.95. The largest absolute Gasteiger partial charge is 0.480 e. The van der Waals surface area contributed by atoms with Crippen LogP contribution in [-0.4, -0.2) is 47.7 Å². The molecule has 0 aliphatic heterocycles. The Morgan fingerprint density at radius 1 is 1.37 bits per heavy atom. The molecule has 1 unspecified atom stereocenters. The summed E-state index contributed by atoms with van der Waals surface area (Å²) in [4.78, 5) is 13.8. The summed E-state index contributed by atoms with van der Waals surface area (Å²) in [5.74, 6) is -0.0862. The van der Waals surface area contributed by atoms with Crippen molar-refractivity contribution in [3.63, 3.8) is 0 Å². The summed E-state index contributed by atoms with van der Waals surface area (Å²) >= 11 is 0. The van der Waals surface area contributed by atoms with Crippen LogP contribution in [0.3, 0.4) is 0 Å². The summed E-state index contributed by atoms with van der Waals surface area (Å²) in [7, 11) is 0. The van der Waals surface area contributed by atoms with Crippen molar-refractivity contribution >= 4 is 5.97 Å². The molecule has 1 atom stereocenters. The highest BCUT2D eigenvalue weighted by Crippen LogP contribution is 2.14. The van der Waals surface area contributed by atoms with Gasteiger partial charge in [0.15, 0.2) is 0 Å². The normalized spacial score (nSPS) is 14.9. The van der Waals surface area contributed by atoms with Gasteiger partial charge in [-0.05, 0) is 51.7 Å². The van der Waals surface area contributed by atoms with Gasteiger partial charge in [-0.2, -0.15) is 0 Å². The molecule has 0 bridgehead atoms. The van der Waals surface area contributed by atoms with Gasteiger partial charge >= 0.3 is 5.97 Å². The molecular formula is C15H32N2O2. The number of rotatable bonds is 11. The van der Waals surface area contributed by atoms with Crippen molar-refractivity contribution in [2.45, 2.75) is 59.4 Å². The molecule has 0 rings (SSSR count). The lowest BCUT2D eigenvalue weighted by Crippen LogP contribution is -2.50. The molecule has 0 fully saturated rings. The maximum absolute atomic E-state index is 11.4. The van der Waals surface area contributed by atoms with E-state index in [-0.39, 0.29) is 0 Å². The Kier molecular flexibility index (Phi) is 9.02. The number of aliphatic carboxylic acids is 1. The van der Waals surface area contributed by atoms with E-state index in [1.54, 1.807) is 6.92 Å². The van der Waals surface area contributed by atoms with Gasteiger partial charge < -0.3 is 15.3 Å². The van der Waals surface area contributed by atoms with Crippen molar-refractivity contribution in [3.05, 3.63) is 0 Å². The lowest BCUT2D eigenvalue weighted by Gasteiger charge is -2.28. The number of nitrogens with one attached hydrogen (secondary N) is 1. The molecule has 0 saturated carbocycles. The monoisotopic (exact) mass is 272 g/mol. The minimum Gasteiger partial charge on any atom is -0.480 e. The number of hydrogen-bond acceptors (Lipinski definition) is 3. The predicted molar refractivity (Wildman–Crippen MR) is 80.5 cm³/mol. The van der Waals surface area contributed by atoms with E-state index in [9.17, 15) is 9.90 Å². The van der Waals surface area contributed by atoms with Gasteiger partial charge in [0.1, 0.15) is 5.54 Å². The molecule has 0 amide bonds. The minimum atomic E-state index is -0.784. The van der Waals surface area contributed by atoms with Crippen molar-refractivity contribution in [2.75, 3.05) is 26.2 Å². The van der Waals surface area contributed by atoms with E-state index in [1.807, 2.05) is 0 Å². The molecule has 0 aromatic rings. The third-order valence-corrected chi connectivity index (χ3v) is 3.46. The van der Waals surface area contributed by atoms with Gasteiger partial charge in [-0.25, -0.2) is 0 Å². The van der Waals surface area contributed by atoms with Gasteiger partial charge in [0.05, 0.1) is 0 Å². The summed E-state index contributed by atoms with van der Waals surface area (Å²) < 4.78 is 0. The predicted octanol–water partition coefficient (Wildman–Crippen LogP) is 2.59. The van der Waals surface area contributed by atoms with Crippen LogP contribution < -0.4 is 5.32 Å². The Morgan fingerprint density at radius 3 is 2.42 bits per heavy atom. The van der Waals surface area contributed by atoms with E-state index in [4.69, 9.17) is 0 Å². The van der Waals surface area contributed by atoms with Crippen molar-refractivity contribution in [1.29, 1.82) is 0 Å². The van der Waals surface area contributed by atoms with Crippen LogP contribution in [-0.2, 0) is 4.79 Å². The third-order valence-electron chi connectivity index (χ3n) is 3.46. The highest BCUT2D eigenvalue weighted by Gasteiger charge is 2.31. The fraction of sp³-hybridized carbons (Fsp3) is 0.933. The van der Waals surface area contributed by atoms with E-state index in [1.165, 1.54) is 0 Å². The summed E-state index contributed by atoms with van der Waals surface area (Å²) in [6.07, 6.45) is 2.55. The molecule has 0 aliphatic rings. The maximum Gasteiger partial charge on any atom is 0.323 e. The maximum atomic E-state index is 11.4. The summed E-state index contributed by atoms with van der Waals surface area (Å²) in [6, 6.07) is 0. The average molecular weight is 272 g/mol. The number of hydrogen-bond donors (Lipinski definition) is 2. The van der Waals surface area contributed by atoms with Crippen LogP contribution in [0.2, 0.25) is 0 Å². The molecular weight excluding hydrogens is 240 g/mol. The molecule has 0 aromatic heterocycles. The number of carbonyl (C=O) groups is 1. The first-order valence-corrected chi connectivity index (χ1v) is 7.56. The lowest BCUT2D eigenvalue weighted by atomic mass is 9.95. The van der Waals surface area contributed by atoms with E-state index in [2.05, 4.69) is 37.9 Å². The fourth-order valence-electron chi connectivity index (χ4n) is 2.22. The quantitative estimate of drug-likeness (QED) is 0.607. The van der Waals surface area contributed by atoms with E-state index in [0.717, 1.165) is 39.0 Å². The Bertz CT molecular complexity index is 257. The van der Waals surface area contributed by atoms with Gasteiger partial charge in [-0.15, -0.1) is 0 Å². The fourth-order valence-corrected chi connectivity index (χ4v) is 2.22. The van der Waals surface area contributed by atoms with Crippen molar-refractivity contribution in [1.82, 2.24) is 10.2 Å². The first kappa shape index (κ1) is 18.4. The highest BCUT2D eigenvalue weighted by atomic mass is 16.4. The molecule has 0 aromatic carbocycles. The first-order chi connectivity index (χ1) is 8.85. The van der Waals surface area contributed by atoms with Gasteiger partial charge in [0.2, 0.25) is 0 Å². The molecule has 0 saturated heterocycles. The Morgan fingerprint density at radius 2 is 2.00 bits per heavy atom. The molecule has 114 valence electrons. The van der Waals surface area contributed by atoms with Crippen molar-refractivity contribution in [3.8, 4) is 0 Å². The van der Waals surface area contributed by atoms with Crippen LogP contribution in [0.25, 0.3) is 0 Å². The van der Waals surface area contributed by atoms with Gasteiger partial charge in [0.25, 0.3) is 0 Å². The van der Waals surface area contributed by atoms with Crippen molar-refractivity contribution < 1.29 is 9.90 Å². The number of carboxylic acid groups (broad SMARTS) is 1. The Balaban J connectivity index is 4.21. The standard InChI is InChI=1S/C15H32N2O2/c1-6-10-16-15(5,14(18)19)9-8-11-17(7-2)12-13(3)4/h13,16H,6-12H2,1-5H3,(H,18,19). The van der Waals surface area contributed by atoms with Gasteiger partial charge in [-0.3, -0.25) is 4.79 Å². The van der Waals surface area contributed by atoms with Crippen LogP contribution in [0.4, 0.5) is 0 Å². The summed E-state index contributed by atoms with van der Waals surface area (Å²) in [6.45, 7) is 14.3. The van der Waals surface area contributed by atoms with Crippen LogP contribution in [0.15, 0.2) is 0 Å². The zero-order valence-corrected chi connectivity index (χ0v) is 13.3. The molecule has 0 aliphatic carbocycles. The lowest BCUT2D eigenvalue weighted by molar-refractivity contribution is -0.144. The number of carboxylic acids is 1. The molecule has 0 spiro atoms. The molecule has 4 nitrogen and oxygen atoms in total. The Labute approximate surface area is 118 Å². The smallest absolute Gasteiger partial charge is 0.323 e. The third kappa shape index (κ3) is 7.53. The average Bonchev–Trinajstić information content (AvgIpc) is 2.34. The van der Waals surface area contributed by atoms with Gasteiger partial charge in [0, 0.05) is 6.54 Å². The van der Waals surface area contributed by atoms with E-state index < -0.39 is 11.5 Å². The second-order valence-corrected chi connectivity index (χ2v) is 5.95.